The molecule has 0 radical (unpaired) electrons. The second kappa shape index (κ2) is 8.63. The number of nitriles is 1. The average Bonchev–Trinajstić information content (AvgIpc) is 3.27. The van der Waals surface area contributed by atoms with Crippen LogP contribution in [0.2, 0.25) is 0 Å². The molecule has 30 heavy (non-hydrogen) atoms. The number of nitrogens with zero attached hydrogens (tertiary/aromatic N) is 4. The van der Waals surface area contributed by atoms with Gasteiger partial charge in [0.25, 0.3) is 5.56 Å². The smallest absolute Gasteiger partial charge is 0.270 e. The van der Waals surface area contributed by atoms with Gasteiger partial charge in [0, 0.05) is 11.1 Å². The van der Waals surface area contributed by atoms with Crippen LogP contribution < -0.4 is 10.3 Å². The average molecular weight is 417 g/mol. The van der Waals surface area contributed by atoms with Crippen LogP contribution in [-0.2, 0) is 5.75 Å². The maximum Gasteiger partial charge on any atom is 0.270 e. The van der Waals surface area contributed by atoms with Crippen molar-refractivity contribution in [3.05, 3.63) is 76.4 Å². The first-order valence-electron chi connectivity index (χ1n) is 8.87. The Labute approximate surface area is 175 Å². The Morgan fingerprint density at radius 2 is 1.87 bits per heavy atom. The molecule has 4 rings (SSSR count). The third kappa shape index (κ3) is 4.09. The highest BCUT2D eigenvalue weighted by molar-refractivity contribution is 7.98. The van der Waals surface area contributed by atoms with Crippen molar-refractivity contribution >= 4 is 11.8 Å². The van der Waals surface area contributed by atoms with Crippen LogP contribution in [0.5, 0.6) is 5.75 Å². The lowest BCUT2D eigenvalue weighted by atomic mass is 10.1. The molecule has 0 bridgehead atoms. The molecular formula is C21H15N5O3S. The van der Waals surface area contributed by atoms with Crippen LogP contribution in [0.4, 0.5) is 0 Å². The molecule has 2 heterocycles. The maximum absolute atomic E-state index is 12.4. The molecule has 4 aromatic rings. The SMILES string of the molecule is COc1ccc(-c2nc(SCc3nnc(-c4ccccc4)o3)[nH]c(=O)c2C#N)cc1. The Kier molecular flexibility index (Phi) is 5.59. The normalized spacial score (nSPS) is 10.5. The minimum atomic E-state index is -0.503. The van der Waals surface area contributed by atoms with E-state index in [1.165, 1.54) is 11.8 Å². The summed E-state index contributed by atoms with van der Waals surface area (Å²) in [6.45, 7) is 0. The number of aromatic amines is 1. The van der Waals surface area contributed by atoms with Gasteiger partial charge in [-0.2, -0.15) is 5.26 Å². The zero-order valence-electron chi connectivity index (χ0n) is 15.8. The molecule has 0 aliphatic rings. The second-order valence-corrected chi connectivity index (χ2v) is 7.05. The van der Waals surface area contributed by atoms with E-state index in [0.29, 0.717) is 39.7 Å². The Hall–Kier alpha value is -3.90. The second-order valence-electron chi connectivity index (χ2n) is 6.09. The molecule has 0 fully saturated rings. The third-order valence-electron chi connectivity index (χ3n) is 4.19. The molecule has 0 saturated carbocycles. The summed E-state index contributed by atoms with van der Waals surface area (Å²) in [7, 11) is 1.57. The van der Waals surface area contributed by atoms with E-state index in [0.717, 1.165) is 5.56 Å². The summed E-state index contributed by atoms with van der Waals surface area (Å²) in [5.74, 6) is 1.81. The summed E-state index contributed by atoms with van der Waals surface area (Å²) in [4.78, 5) is 19.5. The zero-order valence-corrected chi connectivity index (χ0v) is 16.6. The first-order valence-corrected chi connectivity index (χ1v) is 9.86. The van der Waals surface area contributed by atoms with Gasteiger partial charge in [-0.05, 0) is 36.4 Å². The van der Waals surface area contributed by atoms with Crippen molar-refractivity contribution in [2.75, 3.05) is 7.11 Å². The van der Waals surface area contributed by atoms with Crippen LogP contribution in [0.25, 0.3) is 22.7 Å². The molecule has 148 valence electrons. The van der Waals surface area contributed by atoms with Crippen LogP contribution in [0.1, 0.15) is 11.5 Å². The van der Waals surface area contributed by atoms with Gasteiger partial charge in [0.15, 0.2) is 5.16 Å². The van der Waals surface area contributed by atoms with Crippen LogP contribution in [0, 0.1) is 11.3 Å². The molecule has 1 N–H and O–H groups in total. The monoisotopic (exact) mass is 417 g/mol. The summed E-state index contributed by atoms with van der Waals surface area (Å²) in [6.07, 6.45) is 0. The molecule has 0 unspecified atom stereocenters. The molecule has 0 aliphatic carbocycles. The summed E-state index contributed by atoms with van der Waals surface area (Å²) in [5, 5.41) is 17.8. The van der Waals surface area contributed by atoms with Crippen molar-refractivity contribution in [2.24, 2.45) is 0 Å². The number of H-pyrrole nitrogens is 1. The summed E-state index contributed by atoms with van der Waals surface area (Å²) in [6, 6.07) is 18.4. The molecular weight excluding hydrogens is 402 g/mol. The fraction of sp³-hybridized carbons (Fsp3) is 0.0952. The van der Waals surface area contributed by atoms with Crippen LogP contribution in [0.15, 0.2) is 69.0 Å². The lowest BCUT2D eigenvalue weighted by Crippen LogP contribution is -2.14. The van der Waals surface area contributed by atoms with Gasteiger partial charge in [0.1, 0.15) is 17.4 Å². The summed E-state index contributed by atoms with van der Waals surface area (Å²) in [5.41, 5.74) is 1.23. The largest absolute Gasteiger partial charge is 0.497 e. The standard InChI is InChI=1S/C21H15N5O3S/c1-28-15-9-7-13(8-10-15)18-16(11-22)19(27)24-21(23-18)30-12-17-25-26-20(29-17)14-5-3-2-4-6-14/h2-10H,12H2,1H3,(H,23,24,27). The van der Waals surface area contributed by atoms with Crippen LogP contribution in [-0.4, -0.2) is 27.3 Å². The number of nitrogens with one attached hydrogen (secondary N) is 1. The van der Waals surface area contributed by atoms with Gasteiger partial charge in [-0.25, -0.2) is 4.98 Å². The topological polar surface area (TPSA) is 118 Å². The number of methoxy groups -OCH3 is 1. The van der Waals surface area contributed by atoms with Gasteiger partial charge < -0.3 is 14.1 Å². The molecule has 2 aromatic heterocycles. The minimum Gasteiger partial charge on any atom is -0.497 e. The molecule has 0 amide bonds. The van der Waals surface area contributed by atoms with Crippen molar-refractivity contribution in [1.82, 2.24) is 20.2 Å². The molecule has 8 nitrogen and oxygen atoms in total. The van der Waals surface area contributed by atoms with Crippen LogP contribution >= 0.6 is 11.8 Å². The number of hydrogen-bond acceptors (Lipinski definition) is 8. The van der Waals surface area contributed by atoms with Crippen LogP contribution in [0.3, 0.4) is 0 Å². The minimum absolute atomic E-state index is 0.0475. The molecule has 0 spiro atoms. The highest BCUT2D eigenvalue weighted by Gasteiger charge is 2.15. The van der Waals surface area contributed by atoms with Crippen molar-refractivity contribution in [1.29, 1.82) is 5.26 Å². The molecule has 2 aromatic carbocycles. The Morgan fingerprint density at radius 1 is 1.10 bits per heavy atom. The lowest BCUT2D eigenvalue weighted by molar-refractivity contribution is 0.415. The Balaban J connectivity index is 1.58. The van der Waals surface area contributed by atoms with E-state index in [9.17, 15) is 10.1 Å². The van der Waals surface area contributed by atoms with Gasteiger partial charge >= 0.3 is 0 Å². The first kappa shape index (κ1) is 19.4. The summed E-state index contributed by atoms with van der Waals surface area (Å²) >= 11 is 1.23. The Bertz CT molecular complexity index is 1260. The lowest BCUT2D eigenvalue weighted by Gasteiger charge is -2.07. The van der Waals surface area contributed by atoms with Crippen molar-refractivity contribution in [3.63, 3.8) is 0 Å². The van der Waals surface area contributed by atoms with Crippen molar-refractivity contribution < 1.29 is 9.15 Å². The van der Waals surface area contributed by atoms with Gasteiger partial charge in [-0.3, -0.25) is 4.79 Å². The number of aromatic nitrogens is 4. The van der Waals surface area contributed by atoms with E-state index in [1.54, 1.807) is 31.4 Å². The van der Waals surface area contributed by atoms with Gasteiger partial charge in [0.2, 0.25) is 11.8 Å². The fourth-order valence-corrected chi connectivity index (χ4v) is 3.42. The van der Waals surface area contributed by atoms with Gasteiger partial charge in [-0.15, -0.1) is 10.2 Å². The number of benzene rings is 2. The molecule has 0 saturated heterocycles. The highest BCUT2D eigenvalue weighted by atomic mass is 32.2. The number of hydrogen-bond donors (Lipinski definition) is 1. The predicted molar refractivity (Wildman–Crippen MR) is 111 cm³/mol. The van der Waals surface area contributed by atoms with Gasteiger partial charge in [-0.1, -0.05) is 30.0 Å². The van der Waals surface area contributed by atoms with Crippen molar-refractivity contribution in [3.8, 4) is 34.5 Å². The molecule has 9 heteroatoms. The van der Waals surface area contributed by atoms with E-state index < -0.39 is 5.56 Å². The van der Waals surface area contributed by atoms with E-state index in [1.807, 2.05) is 36.4 Å². The third-order valence-corrected chi connectivity index (χ3v) is 5.05. The van der Waals surface area contributed by atoms with E-state index in [4.69, 9.17) is 9.15 Å². The Morgan fingerprint density at radius 3 is 2.57 bits per heavy atom. The number of rotatable bonds is 6. The molecule has 0 atom stereocenters. The zero-order chi connectivity index (χ0) is 20.9. The summed E-state index contributed by atoms with van der Waals surface area (Å²) < 4.78 is 10.8. The molecule has 0 aliphatic heterocycles. The number of ether oxygens (including phenoxy) is 1. The number of thioether (sulfide) groups is 1. The first-order chi connectivity index (χ1) is 14.7. The quantitative estimate of drug-likeness (QED) is 0.373. The van der Waals surface area contributed by atoms with E-state index in [-0.39, 0.29) is 5.56 Å². The maximum atomic E-state index is 12.4. The highest BCUT2D eigenvalue weighted by Crippen LogP contribution is 2.26. The van der Waals surface area contributed by atoms with E-state index >= 15 is 0 Å². The van der Waals surface area contributed by atoms with Crippen molar-refractivity contribution in [2.45, 2.75) is 10.9 Å². The van der Waals surface area contributed by atoms with E-state index in [2.05, 4.69) is 20.2 Å². The predicted octanol–water partition coefficient (Wildman–Crippen LogP) is 3.66. The fourth-order valence-electron chi connectivity index (χ4n) is 2.72. The van der Waals surface area contributed by atoms with Gasteiger partial charge in [0.05, 0.1) is 18.6 Å².